The summed E-state index contributed by atoms with van der Waals surface area (Å²) in [6.07, 6.45) is 0. The van der Waals surface area contributed by atoms with Gasteiger partial charge < -0.3 is 5.73 Å². The Kier molecular flexibility index (Phi) is 3.03. The van der Waals surface area contributed by atoms with Gasteiger partial charge in [0.2, 0.25) is 0 Å². The Morgan fingerprint density at radius 2 is 1.76 bits per heavy atom. The molecule has 2 N–H and O–H groups in total. The number of anilines is 1. The van der Waals surface area contributed by atoms with Crippen LogP contribution >= 0.6 is 11.6 Å². The van der Waals surface area contributed by atoms with Gasteiger partial charge >= 0.3 is 0 Å². The van der Waals surface area contributed by atoms with Crippen molar-refractivity contribution in [3.05, 3.63) is 39.9 Å². The Morgan fingerprint density at radius 3 is 2.41 bits per heavy atom. The van der Waals surface area contributed by atoms with Crippen LogP contribution in [0.2, 0.25) is 5.02 Å². The first-order valence-electron chi connectivity index (χ1n) is 5.36. The summed E-state index contributed by atoms with van der Waals surface area (Å²) in [5, 5.41) is 8.83. The molecule has 17 heavy (non-hydrogen) atoms. The Hall–Kier alpha value is -1.61. The number of benzene rings is 1. The first-order chi connectivity index (χ1) is 8.00. The van der Waals surface area contributed by atoms with Crippen LogP contribution in [-0.4, -0.2) is 10.2 Å². The van der Waals surface area contributed by atoms with E-state index >= 15 is 0 Å². The number of aryl methyl sites for hydroxylation is 1. The van der Waals surface area contributed by atoms with Crippen molar-refractivity contribution >= 4 is 17.4 Å². The Balaban J connectivity index is 2.61. The van der Waals surface area contributed by atoms with E-state index in [2.05, 4.69) is 10.2 Å². The number of halogens is 1. The number of aromatic nitrogens is 2. The lowest BCUT2D eigenvalue weighted by molar-refractivity contribution is 1.01. The maximum Gasteiger partial charge on any atom is 0.149 e. The monoisotopic (exact) mass is 247 g/mol. The Bertz CT molecular complexity index is 579. The maximum absolute atomic E-state index is 6.11. The third kappa shape index (κ3) is 2.11. The zero-order valence-electron chi connectivity index (χ0n) is 10.1. The third-order valence-corrected chi connectivity index (χ3v) is 3.41. The fraction of sp³-hybridized carbons (Fsp3) is 0.231. The molecule has 0 aliphatic rings. The Morgan fingerprint density at radius 1 is 1.06 bits per heavy atom. The predicted molar refractivity (Wildman–Crippen MR) is 71.1 cm³/mol. The second-order valence-electron chi connectivity index (χ2n) is 4.15. The zero-order valence-corrected chi connectivity index (χ0v) is 10.8. The van der Waals surface area contributed by atoms with Gasteiger partial charge in [-0.2, -0.15) is 0 Å². The van der Waals surface area contributed by atoms with Crippen LogP contribution in [0.5, 0.6) is 0 Å². The third-order valence-electron chi connectivity index (χ3n) is 3.00. The number of hydrogen-bond acceptors (Lipinski definition) is 3. The molecule has 88 valence electrons. The molecule has 0 aliphatic carbocycles. The quantitative estimate of drug-likeness (QED) is 0.841. The highest BCUT2D eigenvalue weighted by Gasteiger charge is 2.10. The highest BCUT2D eigenvalue weighted by atomic mass is 35.5. The second-order valence-corrected chi connectivity index (χ2v) is 4.56. The molecule has 0 saturated carbocycles. The molecule has 2 rings (SSSR count). The predicted octanol–water partition coefficient (Wildman–Crippen LogP) is 3.30. The lowest BCUT2D eigenvalue weighted by Gasteiger charge is -2.09. The maximum atomic E-state index is 6.11. The van der Waals surface area contributed by atoms with Crippen LogP contribution in [0.4, 0.5) is 5.82 Å². The van der Waals surface area contributed by atoms with E-state index in [0.29, 0.717) is 5.82 Å². The molecule has 3 nitrogen and oxygen atoms in total. The number of hydrogen-bond donors (Lipinski definition) is 1. The van der Waals surface area contributed by atoms with Gasteiger partial charge in [-0.3, -0.25) is 0 Å². The summed E-state index contributed by atoms with van der Waals surface area (Å²) >= 11 is 6.11. The molecular formula is C13H14ClN3. The largest absolute Gasteiger partial charge is 0.382 e. The molecule has 0 radical (unpaired) electrons. The van der Waals surface area contributed by atoms with Crippen LogP contribution < -0.4 is 5.73 Å². The first kappa shape index (κ1) is 11.9. The van der Waals surface area contributed by atoms with Gasteiger partial charge in [-0.05, 0) is 43.5 Å². The molecule has 0 atom stereocenters. The van der Waals surface area contributed by atoms with E-state index in [1.54, 1.807) is 0 Å². The Labute approximate surface area is 106 Å². The average Bonchev–Trinajstić information content (AvgIpc) is 2.30. The van der Waals surface area contributed by atoms with Crippen molar-refractivity contribution in [3.8, 4) is 11.3 Å². The van der Waals surface area contributed by atoms with Gasteiger partial charge in [0.15, 0.2) is 0 Å². The minimum absolute atomic E-state index is 0.476. The van der Waals surface area contributed by atoms with E-state index in [9.17, 15) is 0 Å². The zero-order chi connectivity index (χ0) is 12.6. The summed E-state index contributed by atoms with van der Waals surface area (Å²) in [5.41, 5.74) is 10.6. The fourth-order valence-corrected chi connectivity index (χ4v) is 1.82. The molecular weight excluding hydrogens is 234 g/mol. The summed E-state index contributed by atoms with van der Waals surface area (Å²) in [7, 11) is 0. The smallest absolute Gasteiger partial charge is 0.149 e. The van der Waals surface area contributed by atoms with Crippen molar-refractivity contribution in [3.63, 3.8) is 0 Å². The van der Waals surface area contributed by atoms with Crippen LogP contribution in [0.15, 0.2) is 18.2 Å². The van der Waals surface area contributed by atoms with Gasteiger partial charge in [0, 0.05) is 10.6 Å². The lowest BCUT2D eigenvalue weighted by Crippen LogP contribution is -2.02. The van der Waals surface area contributed by atoms with E-state index in [1.165, 1.54) is 0 Å². The minimum atomic E-state index is 0.476. The summed E-state index contributed by atoms with van der Waals surface area (Å²) in [6.45, 7) is 5.90. The molecule has 1 aromatic carbocycles. The SMILES string of the molecule is Cc1ccc(-c2nnc(N)c(C)c2C)cc1Cl. The molecule has 2 aromatic rings. The molecule has 0 amide bonds. The van der Waals surface area contributed by atoms with E-state index in [4.69, 9.17) is 17.3 Å². The molecule has 0 aliphatic heterocycles. The van der Waals surface area contributed by atoms with Crippen LogP contribution in [0.25, 0.3) is 11.3 Å². The van der Waals surface area contributed by atoms with Crippen LogP contribution in [0, 0.1) is 20.8 Å². The molecule has 4 heteroatoms. The highest BCUT2D eigenvalue weighted by molar-refractivity contribution is 6.31. The minimum Gasteiger partial charge on any atom is -0.382 e. The van der Waals surface area contributed by atoms with Gasteiger partial charge in [-0.1, -0.05) is 23.7 Å². The van der Waals surface area contributed by atoms with Crippen molar-refractivity contribution in [2.45, 2.75) is 20.8 Å². The summed E-state index contributed by atoms with van der Waals surface area (Å²) in [5.74, 6) is 0.476. The summed E-state index contributed by atoms with van der Waals surface area (Å²) < 4.78 is 0. The summed E-state index contributed by atoms with van der Waals surface area (Å²) in [4.78, 5) is 0. The molecule has 0 unspecified atom stereocenters. The fourth-order valence-electron chi connectivity index (χ4n) is 1.64. The van der Waals surface area contributed by atoms with E-state index in [-0.39, 0.29) is 0 Å². The number of nitrogens with zero attached hydrogens (tertiary/aromatic N) is 2. The highest BCUT2D eigenvalue weighted by Crippen LogP contribution is 2.28. The van der Waals surface area contributed by atoms with Crippen LogP contribution in [0.3, 0.4) is 0 Å². The van der Waals surface area contributed by atoms with Crippen molar-refractivity contribution in [2.24, 2.45) is 0 Å². The van der Waals surface area contributed by atoms with Crippen molar-refractivity contribution in [2.75, 3.05) is 5.73 Å². The molecule has 0 spiro atoms. The number of nitrogen functional groups attached to an aromatic ring is 1. The first-order valence-corrected chi connectivity index (χ1v) is 5.74. The van der Waals surface area contributed by atoms with E-state index in [0.717, 1.165) is 33.0 Å². The number of rotatable bonds is 1. The van der Waals surface area contributed by atoms with Crippen LogP contribution in [0.1, 0.15) is 16.7 Å². The molecule has 0 bridgehead atoms. The standard InChI is InChI=1S/C13H14ClN3/c1-7-4-5-10(6-11(7)14)12-8(2)9(3)13(15)17-16-12/h4-6H,1-3H3,(H2,15,17). The van der Waals surface area contributed by atoms with Gasteiger partial charge in [0.1, 0.15) is 5.82 Å². The molecule has 1 heterocycles. The van der Waals surface area contributed by atoms with Crippen molar-refractivity contribution in [1.82, 2.24) is 10.2 Å². The van der Waals surface area contributed by atoms with Gasteiger partial charge in [-0.15, -0.1) is 10.2 Å². The van der Waals surface area contributed by atoms with Gasteiger partial charge in [0.05, 0.1) is 5.69 Å². The number of nitrogens with two attached hydrogens (primary N) is 1. The molecule has 1 aromatic heterocycles. The second kappa shape index (κ2) is 4.34. The van der Waals surface area contributed by atoms with E-state index in [1.807, 2.05) is 39.0 Å². The van der Waals surface area contributed by atoms with Crippen molar-refractivity contribution in [1.29, 1.82) is 0 Å². The molecule has 0 saturated heterocycles. The topological polar surface area (TPSA) is 51.8 Å². The molecule has 0 fully saturated rings. The van der Waals surface area contributed by atoms with Gasteiger partial charge in [-0.25, -0.2) is 0 Å². The van der Waals surface area contributed by atoms with Crippen molar-refractivity contribution < 1.29 is 0 Å². The summed E-state index contributed by atoms with van der Waals surface area (Å²) in [6, 6.07) is 5.88. The van der Waals surface area contributed by atoms with Crippen LogP contribution in [-0.2, 0) is 0 Å². The lowest BCUT2D eigenvalue weighted by atomic mass is 10.0. The van der Waals surface area contributed by atoms with Gasteiger partial charge in [0.25, 0.3) is 0 Å². The van der Waals surface area contributed by atoms with E-state index < -0.39 is 0 Å². The normalized spacial score (nSPS) is 10.6. The average molecular weight is 248 g/mol.